The van der Waals surface area contributed by atoms with Crippen molar-refractivity contribution in [1.82, 2.24) is 4.98 Å². The highest BCUT2D eigenvalue weighted by Gasteiger charge is 2.33. The maximum atomic E-state index is 12.7. The molecular weight excluding hydrogens is 283 g/mol. The van der Waals surface area contributed by atoms with E-state index in [1.165, 1.54) is 0 Å². The molecule has 0 aromatic carbocycles. The number of aromatic nitrogens is 1. The number of hydrogen-bond donors (Lipinski definition) is 1. The van der Waals surface area contributed by atoms with E-state index >= 15 is 0 Å². The quantitative estimate of drug-likeness (QED) is 0.926. The van der Waals surface area contributed by atoms with Crippen LogP contribution in [0, 0.1) is 11.3 Å². The molecule has 0 bridgehead atoms. The van der Waals surface area contributed by atoms with Gasteiger partial charge in [-0.3, -0.25) is 0 Å². The summed E-state index contributed by atoms with van der Waals surface area (Å²) in [5, 5.41) is 12.0. The molecule has 2 atom stereocenters. The van der Waals surface area contributed by atoms with Crippen LogP contribution in [0.15, 0.2) is 12.1 Å². The molecule has 114 valence electrons. The molecule has 1 aromatic rings. The van der Waals surface area contributed by atoms with Crippen LogP contribution in [-0.4, -0.2) is 23.7 Å². The van der Waals surface area contributed by atoms with Gasteiger partial charge < -0.3 is 10.1 Å². The lowest BCUT2D eigenvalue weighted by atomic mass is 10.1. The van der Waals surface area contributed by atoms with Gasteiger partial charge in [0.1, 0.15) is 17.6 Å². The van der Waals surface area contributed by atoms with Crippen LogP contribution in [-0.2, 0) is 10.9 Å². The van der Waals surface area contributed by atoms with Gasteiger partial charge in [0, 0.05) is 6.61 Å². The second-order valence-corrected chi connectivity index (χ2v) is 4.91. The summed E-state index contributed by atoms with van der Waals surface area (Å²) in [5.74, 6) is -0.0327. The molecule has 21 heavy (non-hydrogen) atoms. The molecule has 2 unspecified atom stereocenters. The molecule has 1 fully saturated rings. The van der Waals surface area contributed by atoms with Gasteiger partial charge in [0.2, 0.25) is 0 Å². The number of nitrogens with one attached hydrogen (secondary N) is 1. The molecule has 0 radical (unpaired) electrons. The van der Waals surface area contributed by atoms with Crippen molar-refractivity contribution in [2.45, 2.75) is 44.5 Å². The van der Waals surface area contributed by atoms with E-state index in [0.717, 1.165) is 25.0 Å². The third kappa shape index (κ3) is 3.64. The van der Waals surface area contributed by atoms with Gasteiger partial charge in [0.25, 0.3) is 0 Å². The first-order valence-electron chi connectivity index (χ1n) is 6.82. The molecule has 2 heterocycles. The number of hydrogen-bond acceptors (Lipinski definition) is 4. The van der Waals surface area contributed by atoms with E-state index in [1.54, 1.807) is 0 Å². The summed E-state index contributed by atoms with van der Waals surface area (Å²) in [7, 11) is 0. The second kappa shape index (κ2) is 6.31. The molecule has 7 heteroatoms. The SMILES string of the molecule is CCC(Nc1nc(C(F)(F)F)ccc1C#N)C1CCCO1. The van der Waals surface area contributed by atoms with Gasteiger partial charge in [-0.1, -0.05) is 6.92 Å². The average Bonchev–Trinajstić information content (AvgIpc) is 2.97. The zero-order valence-corrected chi connectivity index (χ0v) is 11.6. The Labute approximate surface area is 120 Å². The first-order chi connectivity index (χ1) is 9.95. The third-order valence-corrected chi connectivity index (χ3v) is 3.48. The first-order valence-corrected chi connectivity index (χ1v) is 6.82. The van der Waals surface area contributed by atoms with E-state index in [2.05, 4.69) is 10.3 Å². The van der Waals surface area contributed by atoms with Gasteiger partial charge in [-0.25, -0.2) is 4.98 Å². The fraction of sp³-hybridized carbons (Fsp3) is 0.571. The molecule has 1 N–H and O–H groups in total. The van der Waals surface area contributed by atoms with Gasteiger partial charge in [-0.15, -0.1) is 0 Å². The van der Waals surface area contributed by atoms with Crippen molar-refractivity contribution in [2.75, 3.05) is 11.9 Å². The molecule has 0 aliphatic carbocycles. The van der Waals surface area contributed by atoms with Crippen molar-refractivity contribution < 1.29 is 17.9 Å². The Balaban J connectivity index is 2.26. The van der Waals surface area contributed by atoms with Crippen LogP contribution in [0.5, 0.6) is 0 Å². The number of halogens is 3. The Morgan fingerprint density at radius 2 is 2.29 bits per heavy atom. The van der Waals surface area contributed by atoms with Crippen LogP contribution in [0.25, 0.3) is 0 Å². The van der Waals surface area contributed by atoms with Crippen LogP contribution in [0.1, 0.15) is 37.4 Å². The lowest BCUT2D eigenvalue weighted by Gasteiger charge is -2.24. The van der Waals surface area contributed by atoms with E-state index in [9.17, 15) is 13.2 Å². The molecular formula is C14H16F3N3O. The Kier molecular flexibility index (Phi) is 4.68. The van der Waals surface area contributed by atoms with E-state index in [4.69, 9.17) is 10.00 Å². The van der Waals surface area contributed by atoms with E-state index < -0.39 is 11.9 Å². The van der Waals surface area contributed by atoms with Crippen LogP contribution < -0.4 is 5.32 Å². The van der Waals surface area contributed by atoms with Crippen LogP contribution in [0.3, 0.4) is 0 Å². The second-order valence-electron chi connectivity index (χ2n) is 4.91. The lowest BCUT2D eigenvalue weighted by Crippen LogP contribution is -2.33. The van der Waals surface area contributed by atoms with Gasteiger partial charge in [-0.2, -0.15) is 18.4 Å². The lowest BCUT2D eigenvalue weighted by molar-refractivity contribution is -0.141. The molecule has 2 rings (SSSR count). The monoisotopic (exact) mass is 299 g/mol. The molecule has 0 saturated carbocycles. The summed E-state index contributed by atoms with van der Waals surface area (Å²) < 4.78 is 43.7. The standard InChI is InChI=1S/C14H16F3N3O/c1-2-10(11-4-3-7-21-11)19-13-9(8-18)5-6-12(20-13)14(15,16)17/h5-6,10-11H,2-4,7H2,1H3,(H,19,20). The van der Waals surface area contributed by atoms with Crippen LogP contribution >= 0.6 is 0 Å². The number of rotatable bonds is 4. The Hall–Kier alpha value is -1.81. The van der Waals surface area contributed by atoms with Crippen molar-refractivity contribution in [3.63, 3.8) is 0 Å². The number of pyridine rings is 1. The molecule has 0 spiro atoms. The van der Waals surface area contributed by atoms with Crippen LogP contribution in [0.4, 0.5) is 19.0 Å². The van der Waals surface area contributed by atoms with Crippen molar-refractivity contribution in [3.05, 3.63) is 23.4 Å². The largest absolute Gasteiger partial charge is 0.433 e. The molecule has 1 saturated heterocycles. The smallest absolute Gasteiger partial charge is 0.376 e. The topological polar surface area (TPSA) is 57.9 Å². The Morgan fingerprint density at radius 3 is 2.81 bits per heavy atom. The molecule has 1 aliphatic rings. The van der Waals surface area contributed by atoms with E-state index in [-0.39, 0.29) is 23.5 Å². The summed E-state index contributed by atoms with van der Waals surface area (Å²) in [6.07, 6.45) is -2.13. The predicted molar refractivity (Wildman–Crippen MR) is 70.6 cm³/mol. The first kappa shape index (κ1) is 15.6. The zero-order valence-electron chi connectivity index (χ0n) is 11.6. The Bertz CT molecular complexity index is 533. The number of nitriles is 1. The van der Waals surface area contributed by atoms with E-state index in [1.807, 2.05) is 13.0 Å². The zero-order chi connectivity index (χ0) is 15.5. The van der Waals surface area contributed by atoms with Crippen molar-refractivity contribution in [1.29, 1.82) is 5.26 Å². The number of anilines is 1. The molecule has 1 aliphatic heterocycles. The third-order valence-electron chi connectivity index (χ3n) is 3.48. The molecule has 4 nitrogen and oxygen atoms in total. The summed E-state index contributed by atoms with van der Waals surface area (Å²) in [4.78, 5) is 3.56. The van der Waals surface area contributed by atoms with Crippen molar-refractivity contribution in [2.24, 2.45) is 0 Å². The minimum absolute atomic E-state index is 0.0327. The maximum Gasteiger partial charge on any atom is 0.433 e. The molecule has 0 amide bonds. The average molecular weight is 299 g/mol. The van der Waals surface area contributed by atoms with Crippen LogP contribution in [0.2, 0.25) is 0 Å². The van der Waals surface area contributed by atoms with Gasteiger partial charge in [0.15, 0.2) is 0 Å². The van der Waals surface area contributed by atoms with Gasteiger partial charge in [0.05, 0.1) is 17.7 Å². The van der Waals surface area contributed by atoms with Crippen molar-refractivity contribution >= 4 is 5.82 Å². The minimum Gasteiger partial charge on any atom is -0.376 e. The maximum absolute atomic E-state index is 12.7. The Morgan fingerprint density at radius 1 is 1.52 bits per heavy atom. The summed E-state index contributed by atoms with van der Waals surface area (Å²) in [6.45, 7) is 2.57. The highest BCUT2D eigenvalue weighted by molar-refractivity contribution is 5.53. The highest BCUT2D eigenvalue weighted by Crippen LogP contribution is 2.30. The number of ether oxygens (including phenoxy) is 1. The summed E-state index contributed by atoms with van der Waals surface area (Å²) >= 11 is 0. The fourth-order valence-corrected chi connectivity index (χ4v) is 2.37. The van der Waals surface area contributed by atoms with Gasteiger partial charge in [-0.05, 0) is 31.4 Å². The fourth-order valence-electron chi connectivity index (χ4n) is 2.37. The minimum atomic E-state index is -4.53. The van der Waals surface area contributed by atoms with Gasteiger partial charge >= 0.3 is 6.18 Å². The van der Waals surface area contributed by atoms with Crippen molar-refractivity contribution in [3.8, 4) is 6.07 Å². The summed E-state index contributed by atoms with van der Waals surface area (Å²) in [5.41, 5.74) is -0.911. The highest BCUT2D eigenvalue weighted by atomic mass is 19.4. The number of nitrogens with zero attached hydrogens (tertiary/aromatic N) is 2. The molecule has 1 aromatic heterocycles. The van der Waals surface area contributed by atoms with E-state index in [0.29, 0.717) is 13.0 Å². The summed E-state index contributed by atoms with van der Waals surface area (Å²) in [6, 6.07) is 3.66. The predicted octanol–water partition coefficient (Wildman–Crippen LogP) is 3.34. The number of alkyl halides is 3. The normalized spacial score (nSPS) is 20.0.